The monoisotopic (exact) mass is 479 g/mol. The van der Waals surface area contributed by atoms with Crippen molar-refractivity contribution in [3.63, 3.8) is 0 Å². The summed E-state index contributed by atoms with van der Waals surface area (Å²) in [6.45, 7) is 10.8. The second-order valence-corrected chi connectivity index (χ2v) is 9.15. The lowest BCUT2D eigenvalue weighted by Crippen LogP contribution is -2.57. The predicted molar refractivity (Wildman–Crippen MR) is 139 cm³/mol. The molecule has 0 aromatic carbocycles. The van der Waals surface area contributed by atoms with Crippen LogP contribution in [-0.4, -0.2) is 41.4 Å². The predicted octanol–water partition coefficient (Wildman–Crippen LogP) is 5.93. The number of hydrogen-bond acceptors (Lipinski definition) is 5. The Bertz CT molecular complexity index is 641. The molecule has 34 heavy (non-hydrogen) atoms. The van der Waals surface area contributed by atoms with Gasteiger partial charge in [0.1, 0.15) is 6.10 Å². The van der Waals surface area contributed by atoms with Gasteiger partial charge in [0.05, 0.1) is 12.7 Å². The number of allylic oxidation sites excluding steroid dienone is 4. The number of carbonyl (C=O) groups is 2. The van der Waals surface area contributed by atoms with E-state index >= 15 is 0 Å². The van der Waals surface area contributed by atoms with E-state index in [1.807, 2.05) is 6.92 Å². The minimum absolute atomic E-state index is 0.0676. The molecule has 6 heteroatoms. The van der Waals surface area contributed by atoms with Gasteiger partial charge in [-0.1, -0.05) is 70.4 Å². The molecule has 0 aliphatic carbocycles. The summed E-state index contributed by atoms with van der Waals surface area (Å²) < 4.78 is 11.5. The fraction of sp³-hybridized carbons (Fsp3) is 0.714. The van der Waals surface area contributed by atoms with Crippen molar-refractivity contribution < 1.29 is 24.2 Å². The van der Waals surface area contributed by atoms with E-state index in [0.717, 1.165) is 38.5 Å². The quantitative estimate of drug-likeness (QED) is 0.0920. The van der Waals surface area contributed by atoms with Crippen molar-refractivity contribution in [2.45, 2.75) is 123 Å². The molecule has 0 saturated heterocycles. The average molecular weight is 480 g/mol. The second-order valence-electron chi connectivity index (χ2n) is 9.15. The first-order chi connectivity index (χ1) is 16.2. The molecule has 0 bridgehead atoms. The van der Waals surface area contributed by atoms with E-state index in [9.17, 15) is 14.7 Å². The maximum Gasteiger partial charge on any atom is 0.333 e. The van der Waals surface area contributed by atoms with Gasteiger partial charge in [0.25, 0.3) is 5.91 Å². The third-order valence-electron chi connectivity index (χ3n) is 5.66. The molecule has 0 radical (unpaired) electrons. The molecule has 196 valence electrons. The first kappa shape index (κ1) is 32.1. The van der Waals surface area contributed by atoms with Gasteiger partial charge in [0.15, 0.2) is 5.60 Å². The third-order valence-corrected chi connectivity index (χ3v) is 5.66. The molecular weight excluding hydrogens is 430 g/mol. The van der Waals surface area contributed by atoms with Crippen LogP contribution in [0.4, 0.5) is 0 Å². The first-order valence-corrected chi connectivity index (χ1v) is 13.0. The third kappa shape index (κ3) is 13.7. The minimum Gasteiger partial charge on any atom is -0.455 e. The zero-order chi connectivity index (χ0) is 25.8. The van der Waals surface area contributed by atoms with E-state index in [2.05, 4.69) is 37.8 Å². The van der Waals surface area contributed by atoms with Crippen molar-refractivity contribution in [2.75, 3.05) is 6.61 Å². The number of aliphatic hydroxyl groups excluding tert-OH is 1. The van der Waals surface area contributed by atoms with Gasteiger partial charge in [0, 0.05) is 5.57 Å². The Morgan fingerprint density at radius 1 is 1.00 bits per heavy atom. The summed E-state index contributed by atoms with van der Waals surface area (Å²) in [4.78, 5) is 24.8. The number of esters is 1. The van der Waals surface area contributed by atoms with E-state index in [-0.39, 0.29) is 12.2 Å². The number of ether oxygens (including phenoxy) is 2. The van der Waals surface area contributed by atoms with Gasteiger partial charge in [-0.15, -0.1) is 0 Å². The molecule has 0 saturated carbocycles. The number of hydrogen-bond donors (Lipinski definition) is 2. The van der Waals surface area contributed by atoms with Gasteiger partial charge >= 0.3 is 5.97 Å². The molecule has 0 rings (SSSR count). The number of unbranched alkanes of at least 4 members (excludes halogenated alkanes) is 6. The van der Waals surface area contributed by atoms with Crippen molar-refractivity contribution in [2.24, 2.45) is 5.73 Å². The summed E-state index contributed by atoms with van der Waals surface area (Å²) >= 11 is 0. The molecule has 3 atom stereocenters. The fourth-order valence-corrected chi connectivity index (χ4v) is 3.72. The van der Waals surface area contributed by atoms with Crippen LogP contribution in [-0.2, 0) is 19.1 Å². The average Bonchev–Trinajstić information content (AvgIpc) is 2.78. The number of carbonyl (C=O) groups excluding carboxylic acids is 2. The van der Waals surface area contributed by atoms with Crippen molar-refractivity contribution >= 4 is 11.9 Å². The summed E-state index contributed by atoms with van der Waals surface area (Å²) in [5, 5.41) is 9.71. The Kier molecular flexibility index (Phi) is 18.3. The maximum absolute atomic E-state index is 12.5. The zero-order valence-corrected chi connectivity index (χ0v) is 22.0. The Labute approximate surface area is 207 Å². The van der Waals surface area contributed by atoms with Crippen molar-refractivity contribution in [1.82, 2.24) is 0 Å². The number of aliphatic hydroxyl groups is 1. The van der Waals surface area contributed by atoms with Crippen LogP contribution in [0.3, 0.4) is 0 Å². The van der Waals surface area contributed by atoms with E-state index in [0.29, 0.717) is 19.3 Å². The van der Waals surface area contributed by atoms with Crippen LogP contribution in [0.5, 0.6) is 0 Å². The lowest BCUT2D eigenvalue weighted by atomic mass is 9.86. The molecule has 0 heterocycles. The molecule has 0 fully saturated rings. The SMILES string of the molecule is C=C(C)C(=O)OC(CCCCC/C=C\C/C=C\CCCCC)C(CCC)(OCC(C)O)C(N)=O. The number of primary amides is 1. The van der Waals surface area contributed by atoms with E-state index < -0.39 is 29.7 Å². The summed E-state index contributed by atoms with van der Waals surface area (Å²) in [5.74, 6) is -1.25. The molecule has 0 aromatic heterocycles. The van der Waals surface area contributed by atoms with Gasteiger partial charge in [-0.25, -0.2) is 4.79 Å². The molecule has 3 N–H and O–H groups in total. The maximum atomic E-state index is 12.5. The van der Waals surface area contributed by atoms with Crippen molar-refractivity contribution in [3.05, 3.63) is 36.5 Å². The number of nitrogens with two attached hydrogens (primary N) is 1. The van der Waals surface area contributed by atoms with Crippen LogP contribution in [0.15, 0.2) is 36.5 Å². The highest BCUT2D eigenvalue weighted by Gasteiger charge is 2.47. The van der Waals surface area contributed by atoms with Crippen LogP contribution in [0, 0.1) is 0 Å². The second kappa shape index (κ2) is 19.4. The van der Waals surface area contributed by atoms with E-state index in [1.54, 1.807) is 13.8 Å². The van der Waals surface area contributed by atoms with Gasteiger partial charge in [0.2, 0.25) is 0 Å². The lowest BCUT2D eigenvalue weighted by molar-refractivity contribution is -0.185. The van der Waals surface area contributed by atoms with Crippen molar-refractivity contribution in [3.8, 4) is 0 Å². The molecule has 0 aliphatic heterocycles. The molecule has 1 amide bonds. The molecule has 3 unspecified atom stereocenters. The van der Waals surface area contributed by atoms with Crippen LogP contribution >= 0.6 is 0 Å². The van der Waals surface area contributed by atoms with Crippen LogP contribution in [0.1, 0.15) is 105 Å². The smallest absolute Gasteiger partial charge is 0.333 e. The highest BCUT2D eigenvalue weighted by atomic mass is 16.6. The fourth-order valence-electron chi connectivity index (χ4n) is 3.72. The molecule has 6 nitrogen and oxygen atoms in total. The first-order valence-electron chi connectivity index (χ1n) is 13.0. The lowest BCUT2D eigenvalue weighted by Gasteiger charge is -2.38. The Hall–Kier alpha value is -1.92. The summed E-state index contributed by atoms with van der Waals surface area (Å²) in [6.07, 6.45) is 18.2. The van der Waals surface area contributed by atoms with E-state index in [1.165, 1.54) is 19.3 Å². The standard InChI is InChI=1S/C28H49NO5/c1-6-8-9-10-11-12-13-14-15-16-17-18-19-20-25(34-26(31)23(3)4)28(21-7-2,27(29)32)33-22-24(5)30/h11-12,14-15,24-25,30H,3,6-10,13,16-22H2,1-2,4-5H3,(H2,29,32)/b12-11-,15-14-. The number of amides is 1. The van der Waals surface area contributed by atoms with E-state index in [4.69, 9.17) is 15.2 Å². The van der Waals surface area contributed by atoms with Crippen LogP contribution in [0.2, 0.25) is 0 Å². The van der Waals surface area contributed by atoms with Gasteiger partial charge in [-0.2, -0.15) is 0 Å². The highest BCUT2D eigenvalue weighted by molar-refractivity contribution is 5.89. The summed E-state index contributed by atoms with van der Waals surface area (Å²) in [5.41, 5.74) is 4.54. The number of rotatable bonds is 21. The molecule has 0 aliphatic rings. The molecule has 0 aromatic rings. The Morgan fingerprint density at radius 2 is 1.62 bits per heavy atom. The highest BCUT2D eigenvalue weighted by Crippen LogP contribution is 2.30. The zero-order valence-electron chi connectivity index (χ0n) is 22.0. The van der Waals surface area contributed by atoms with Gasteiger partial charge < -0.3 is 20.3 Å². The van der Waals surface area contributed by atoms with Gasteiger partial charge in [-0.05, 0) is 65.2 Å². The van der Waals surface area contributed by atoms with Crippen molar-refractivity contribution in [1.29, 1.82) is 0 Å². The topological polar surface area (TPSA) is 98.8 Å². The largest absolute Gasteiger partial charge is 0.455 e. The Balaban J connectivity index is 4.87. The van der Waals surface area contributed by atoms with Crippen LogP contribution in [0.25, 0.3) is 0 Å². The Morgan fingerprint density at radius 3 is 2.12 bits per heavy atom. The molecule has 0 spiro atoms. The summed E-state index contributed by atoms with van der Waals surface area (Å²) in [6, 6.07) is 0. The van der Waals surface area contributed by atoms with Gasteiger partial charge in [-0.3, -0.25) is 4.79 Å². The minimum atomic E-state index is -1.47. The molecular formula is C28H49NO5. The van der Waals surface area contributed by atoms with Crippen LogP contribution < -0.4 is 5.73 Å². The normalized spacial score (nSPS) is 15.3. The summed E-state index contributed by atoms with van der Waals surface area (Å²) in [7, 11) is 0.